The molecule has 4 aromatic carbocycles. The van der Waals surface area contributed by atoms with E-state index in [1.54, 1.807) is 54.6 Å². The number of carbonyl (C=O) groups is 4. The Balaban J connectivity index is 1.15. The zero-order valence-corrected chi connectivity index (χ0v) is 33.2. The van der Waals surface area contributed by atoms with Crippen molar-refractivity contribution in [3.8, 4) is 5.75 Å². The summed E-state index contributed by atoms with van der Waals surface area (Å²) in [5, 5.41) is 14.3. The molecule has 1 saturated carbocycles. The van der Waals surface area contributed by atoms with Gasteiger partial charge in [-0.3, -0.25) is 29.5 Å². The highest BCUT2D eigenvalue weighted by Crippen LogP contribution is 2.65. The van der Waals surface area contributed by atoms with Crippen molar-refractivity contribution in [2.75, 3.05) is 15.6 Å². The highest BCUT2D eigenvalue weighted by molar-refractivity contribution is 6.33. The standard InChI is InChI=1S/C44H31Cl3F3N5O5/c45-24-8-6-22(7-9-24)43-33(40(58)55(42(43)60)53-38-35(47)18-23(21-51-38)44(48,49)50)20-32-29(37(43)30-15-14-28(56)19-34(30)46)16-17-31-36(32)41(59)54(39(31)57)27-12-10-26(11-13-27)52-25-4-2-1-3-5-25/h1-16,18-19,21,31-33,36-37,52,56H,17,20H2,(H,51,53)/t31-,32+,33-,36-,37+,43+/m0/s1. The van der Waals surface area contributed by atoms with Gasteiger partial charge in [-0.1, -0.05) is 82.9 Å². The number of phenolic OH excluding ortho intramolecular Hbond substituents is 1. The lowest BCUT2D eigenvalue weighted by Gasteiger charge is -2.50. The lowest BCUT2D eigenvalue weighted by Crippen LogP contribution is -2.53. The summed E-state index contributed by atoms with van der Waals surface area (Å²) in [5.74, 6) is -7.76. The summed E-state index contributed by atoms with van der Waals surface area (Å²) in [7, 11) is 0. The number of hydrazine groups is 1. The largest absolute Gasteiger partial charge is 0.508 e. The summed E-state index contributed by atoms with van der Waals surface area (Å²) >= 11 is 19.5. The van der Waals surface area contributed by atoms with Gasteiger partial charge in [0.15, 0.2) is 5.82 Å². The molecule has 4 aliphatic rings. The number of carbonyl (C=O) groups excluding carboxylic acids is 4. The molecule has 60 heavy (non-hydrogen) atoms. The molecule has 2 aliphatic carbocycles. The van der Waals surface area contributed by atoms with E-state index >= 15 is 4.79 Å². The first-order chi connectivity index (χ1) is 28.7. The third-order valence-corrected chi connectivity index (χ3v) is 12.9. The fraction of sp³-hybridized carbons (Fsp3) is 0.205. The van der Waals surface area contributed by atoms with Gasteiger partial charge < -0.3 is 10.4 Å². The molecule has 1 aromatic heterocycles. The molecule has 3 fully saturated rings. The number of pyridine rings is 1. The number of phenols is 1. The predicted molar refractivity (Wildman–Crippen MR) is 219 cm³/mol. The maximum atomic E-state index is 15.4. The maximum absolute atomic E-state index is 15.4. The molecule has 3 N–H and O–H groups in total. The molecule has 304 valence electrons. The van der Waals surface area contributed by atoms with Crippen LogP contribution in [0.4, 0.5) is 36.1 Å². The number of amides is 4. The van der Waals surface area contributed by atoms with Crippen LogP contribution < -0.4 is 15.6 Å². The summed E-state index contributed by atoms with van der Waals surface area (Å²) in [6.45, 7) is 0. The molecule has 0 unspecified atom stereocenters. The lowest BCUT2D eigenvalue weighted by atomic mass is 9.49. The quantitative estimate of drug-likeness (QED) is 0.109. The Bertz CT molecular complexity index is 2630. The number of fused-ring (bicyclic) bond motifs is 4. The Morgan fingerprint density at radius 3 is 2.15 bits per heavy atom. The van der Waals surface area contributed by atoms with E-state index in [-0.39, 0.29) is 29.4 Å². The molecule has 16 heteroatoms. The number of para-hydroxylation sites is 1. The lowest BCUT2D eigenvalue weighted by molar-refractivity contribution is -0.139. The molecule has 10 nitrogen and oxygen atoms in total. The van der Waals surface area contributed by atoms with Crippen LogP contribution >= 0.6 is 34.8 Å². The van der Waals surface area contributed by atoms with Crippen molar-refractivity contribution < 1.29 is 37.5 Å². The van der Waals surface area contributed by atoms with Gasteiger partial charge in [0.1, 0.15) is 5.75 Å². The Kier molecular flexibility index (Phi) is 9.68. The number of rotatable bonds is 7. The van der Waals surface area contributed by atoms with Crippen LogP contribution in [-0.2, 0) is 30.8 Å². The van der Waals surface area contributed by atoms with Gasteiger partial charge in [-0.05, 0) is 96.6 Å². The third-order valence-electron chi connectivity index (χ3n) is 12.0. The average Bonchev–Trinajstić information content (AvgIpc) is 3.60. The molecule has 0 bridgehead atoms. The van der Waals surface area contributed by atoms with E-state index in [0.29, 0.717) is 44.7 Å². The first-order valence-electron chi connectivity index (χ1n) is 18.8. The molecule has 0 spiro atoms. The van der Waals surface area contributed by atoms with Gasteiger partial charge in [-0.25, -0.2) is 4.98 Å². The minimum atomic E-state index is -4.77. The smallest absolute Gasteiger partial charge is 0.417 e. The second-order valence-corrected chi connectivity index (χ2v) is 16.4. The van der Waals surface area contributed by atoms with Crippen LogP contribution in [0.1, 0.15) is 35.4 Å². The van der Waals surface area contributed by atoms with E-state index in [1.807, 2.05) is 36.4 Å². The molecule has 4 amide bonds. The highest BCUT2D eigenvalue weighted by atomic mass is 35.5. The number of nitrogens with one attached hydrogen (secondary N) is 2. The summed E-state index contributed by atoms with van der Waals surface area (Å²) < 4.78 is 40.6. The first-order valence-corrected chi connectivity index (χ1v) is 19.9. The SMILES string of the molecule is O=C1[C@@H]2C[C@@H]3C(=CC[C@@H]4C(=O)N(c5ccc(Nc6ccccc6)cc5)C(=O)[C@@H]43)[C@H](c3ccc(O)cc3Cl)[C@]2(c2ccc(Cl)cc2)C(=O)N1Nc1ncc(C(F)(F)F)cc1Cl. The molecule has 3 heterocycles. The molecular weight excluding hydrogens is 842 g/mol. The fourth-order valence-corrected chi connectivity index (χ4v) is 10.1. The molecular formula is C44H31Cl3F3N5O5. The van der Waals surface area contributed by atoms with E-state index in [4.69, 9.17) is 34.8 Å². The van der Waals surface area contributed by atoms with Crippen LogP contribution in [-0.4, -0.2) is 38.7 Å². The molecule has 2 saturated heterocycles. The Morgan fingerprint density at radius 2 is 1.48 bits per heavy atom. The Morgan fingerprint density at radius 1 is 0.783 bits per heavy atom. The van der Waals surface area contributed by atoms with E-state index in [9.17, 15) is 32.7 Å². The number of nitrogens with zero attached hydrogens (tertiary/aromatic N) is 3. The van der Waals surface area contributed by atoms with Crippen molar-refractivity contribution in [2.24, 2.45) is 23.7 Å². The number of aromatic nitrogens is 1. The summed E-state index contributed by atoms with van der Waals surface area (Å²) in [4.78, 5) is 64.2. The molecule has 5 aromatic rings. The monoisotopic (exact) mass is 871 g/mol. The first kappa shape index (κ1) is 39.6. The average molecular weight is 873 g/mol. The van der Waals surface area contributed by atoms with Crippen LogP contribution in [0.2, 0.25) is 15.1 Å². The molecule has 0 radical (unpaired) electrons. The number of hydrogen-bond donors (Lipinski definition) is 3. The van der Waals surface area contributed by atoms with E-state index in [1.165, 1.54) is 17.0 Å². The predicted octanol–water partition coefficient (Wildman–Crippen LogP) is 9.70. The van der Waals surface area contributed by atoms with Gasteiger partial charge in [0.25, 0.3) is 11.8 Å². The number of hydrogen-bond acceptors (Lipinski definition) is 8. The number of anilines is 4. The van der Waals surface area contributed by atoms with Crippen molar-refractivity contribution >= 4 is 81.3 Å². The Hall–Kier alpha value is -5.89. The second-order valence-electron chi connectivity index (χ2n) is 15.2. The normalized spacial score (nSPS) is 24.8. The van der Waals surface area contributed by atoms with E-state index in [0.717, 1.165) is 11.4 Å². The van der Waals surface area contributed by atoms with E-state index < -0.39 is 75.4 Å². The van der Waals surface area contributed by atoms with Crippen molar-refractivity contribution in [1.82, 2.24) is 9.99 Å². The van der Waals surface area contributed by atoms with Crippen LogP contribution in [0.3, 0.4) is 0 Å². The van der Waals surface area contributed by atoms with E-state index in [2.05, 4.69) is 15.7 Å². The minimum Gasteiger partial charge on any atom is -0.508 e. The number of benzene rings is 4. The van der Waals surface area contributed by atoms with Gasteiger partial charge >= 0.3 is 6.18 Å². The van der Waals surface area contributed by atoms with Crippen LogP contribution in [0.5, 0.6) is 5.75 Å². The summed E-state index contributed by atoms with van der Waals surface area (Å²) in [5.41, 5.74) is 2.94. The topological polar surface area (TPSA) is 132 Å². The minimum absolute atomic E-state index is 0.0644. The third kappa shape index (κ3) is 6.29. The number of halogens is 6. The molecule has 2 aliphatic heterocycles. The zero-order valence-electron chi connectivity index (χ0n) is 31.0. The summed E-state index contributed by atoms with van der Waals surface area (Å²) in [6.07, 6.45) is -2.34. The highest BCUT2D eigenvalue weighted by Gasteiger charge is 2.70. The number of imide groups is 2. The second kappa shape index (κ2) is 14.7. The van der Waals surface area contributed by atoms with Crippen LogP contribution in [0.25, 0.3) is 0 Å². The molecule has 9 rings (SSSR count). The fourth-order valence-electron chi connectivity index (χ4n) is 9.51. The number of alkyl halides is 3. The van der Waals surface area contributed by atoms with Crippen LogP contribution in [0, 0.1) is 23.7 Å². The van der Waals surface area contributed by atoms with Crippen molar-refractivity contribution in [3.05, 3.63) is 153 Å². The zero-order chi connectivity index (χ0) is 42.2. The van der Waals surface area contributed by atoms with Crippen molar-refractivity contribution in [3.63, 3.8) is 0 Å². The van der Waals surface area contributed by atoms with Gasteiger partial charge in [-0.2, -0.15) is 18.2 Å². The van der Waals surface area contributed by atoms with Crippen molar-refractivity contribution in [2.45, 2.75) is 30.4 Å². The summed E-state index contributed by atoms with van der Waals surface area (Å²) in [6, 6.07) is 27.6. The number of aromatic hydroxyl groups is 1. The Labute approximate surface area is 355 Å². The van der Waals surface area contributed by atoms with Crippen LogP contribution in [0.15, 0.2) is 121 Å². The molecule has 6 atom stereocenters. The number of allylic oxidation sites excluding steroid dienone is 2. The van der Waals surface area contributed by atoms with Gasteiger partial charge in [0.2, 0.25) is 11.8 Å². The maximum Gasteiger partial charge on any atom is 0.417 e. The van der Waals surface area contributed by atoms with Gasteiger partial charge in [-0.15, -0.1) is 0 Å². The van der Waals surface area contributed by atoms with Gasteiger partial charge in [0, 0.05) is 33.5 Å². The van der Waals surface area contributed by atoms with Gasteiger partial charge in [0.05, 0.1) is 39.4 Å². The van der Waals surface area contributed by atoms with Crippen molar-refractivity contribution in [1.29, 1.82) is 0 Å².